The van der Waals surface area contributed by atoms with E-state index in [4.69, 9.17) is 9.47 Å². The molecule has 0 atom stereocenters. The van der Waals surface area contributed by atoms with E-state index in [2.05, 4.69) is 20.3 Å². The van der Waals surface area contributed by atoms with Gasteiger partial charge in [-0.05, 0) is 36.4 Å². The largest absolute Gasteiger partial charge is 0.497 e. The Bertz CT molecular complexity index is 871. The van der Waals surface area contributed by atoms with Crippen LogP contribution in [-0.2, 0) is 0 Å². The van der Waals surface area contributed by atoms with Crippen molar-refractivity contribution >= 4 is 17.2 Å². The van der Waals surface area contributed by atoms with Gasteiger partial charge in [-0.15, -0.1) is 0 Å². The monoisotopic (exact) mass is 339 g/mol. The van der Waals surface area contributed by atoms with E-state index in [0.29, 0.717) is 17.2 Å². The van der Waals surface area contributed by atoms with E-state index >= 15 is 0 Å². The van der Waals surface area contributed by atoms with Gasteiger partial charge < -0.3 is 14.8 Å². The molecule has 0 radical (unpaired) electrons. The Labute approximate surface area is 142 Å². The molecule has 0 aliphatic carbocycles. The van der Waals surface area contributed by atoms with Gasteiger partial charge in [-0.3, -0.25) is 15.1 Å². The molecule has 0 fully saturated rings. The molecule has 0 aliphatic heterocycles. The van der Waals surface area contributed by atoms with Crippen LogP contribution < -0.4 is 14.8 Å². The van der Waals surface area contributed by atoms with E-state index in [0.717, 1.165) is 0 Å². The number of rotatable bonds is 6. The van der Waals surface area contributed by atoms with Gasteiger partial charge in [0.05, 0.1) is 18.2 Å². The molecule has 3 rings (SSSR count). The summed E-state index contributed by atoms with van der Waals surface area (Å²) in [5.41, 5.74) is 0.233. The van der Waals surface area contributed by atoms with Gasteiger partial charge in [-0.2, -0.15) is 4.98 Å². The Kier molecular flexibility index (Phi) is 4.65. The van der Waals surface area contributed by atoms with Gasteiger partial charge in [-0.1, -0.05) is 0 Å². The van der Waals surface area contributed by atoms with Crippen LogP contribution in [0.5, 0.6) is 17.4 Å². The Hall–Kier alpha value is -3.75. The second kappa shape index (κ2) is 7.21. The molecule has 0 saturated carbocycles. The highest BCUT2D eigenvalue weighted by Gasteiger charge is 2.25. The van der Waals surface area contributed by atoms with E-state index in [1.54, 1.807) is 49.7 Å². The van der Waals surface area contributed by atoms with Crippen molar-refractivity contribution in [1.29, 1.82) is 0 Å². The highest BCUT2D eigenvalue weighted by molar-refractivity contribution is 5.69. The van der Waals surface area contributed by atoms with Crippen molar-refractivity contribution in [2.24, 2.45) is 0 Å². The summed E-state index contributed by atoms with van der Waals surface area (Å²) in [6.07, 6.45) is 4.19. The molecule has 0 amide bonds. The van der Waals surface area contributed by atoms with Gasteiger partial charge in [0.2, 0.25) is 5.82 Å². The topological polar surface area (TPSA) is 112 Å². The fourth-order valence-electron chi connectivity index (χ4n) is 2.02. The molecule has 1 aromatic carbocycles. The molecule has 9 nitrogen and oxygen atoms in total. The van der Waals surface area contributed by atoms with Crippen LogP contribution in [-0.4, -0.2) is 27.0 Å². The Morgan fingerprint density at radius 2 is 1.92 bits per heavy atom. The van der Waals surface area contributed by atoms with Crippen LogP contribution in [0.1, 0.15) is 0 Å². The lowest BCUT2D eigenvalue weighted by atomic mass is 10.3. The molecule has 9 heteroatoms. The summed E-state index contributed by atoms with van der Waals surface area (Å²) in [6, 6.07) is 10.2. The number of pyridine rings is 1. The van der Waals surface area contributed by atoms with Crippen molar-refractivity contribution in [2.75, 3.05) is 12.4 Å². The first-order valence-electron chi connectivity index (χ1n) is 7.15. The van der Waals surface area contributed by atoms with Crippen molar-refractivity contribution in [3.63, 3.8) is 0 Å². The van der Waals surface area contributed by atoms with E-state index < -0.39 is 4.92 Å². The van der Waals surface area contributed by atoms with Gasteiger partial charge in [0.25, 0.3) is 0 Å². The summed E-state index contributed by atoms with van der Waals surface area (Å²) in [4.78, 5) is 22.6. The number of hydrogen-bond donors (Lipinski definition) is 1. The highest BCUT2D eigenvalue weighted by atomic mass is 16.6. The Morgan fingerprint density at radius 1 is 1.12 bits per heavy atom. The fourth-order valence-corrected chi connectivity index (χ4v) is 2.02. The average molecular weight is 339 g/mol. The number of anilines is 2. The molecular weight excluding hydrogens is 326 g/mol. The standard InChI is InChI=1S/C16H13N5O4/c1-24-12-6-4-11(5-7-12)20-15-14(21(22)23)16(19-10-18-15)25-13-3-2-8-17-9-13/h2-10H,1H3,(H,18,19,20). The van der Waals surface area contributed by atoms with Crippen LogP contribution in [0.3, 0.4) is 0 Å². The quantitative estimate of drug-likeness (QED) is 0.537. The van der Waals surface area contributed by atoms with E-state index in [9.17, 15) is 10.1 Å². The number of hydrogen-bond acceptors (Lipinski definition) is 8. The smallest absolute Gasteiger partial charge is 0.373 e. The zero-order valence-corrected chi connectivity index (χ0v) is 13.1. The molecule has 0 aliphatic rings. The number of aromatic nitrogens is 3. The number of nitrogens with one attached hydrogen (secondary N) is 1. The number of benzene rings is 1. The minimum absolute atomic E-state index is 0.0176. The third-order valence-corrected chi connectivity index (χ3v) is 3.17. The van der Waals surface area contributed by atoms with Gasteiger partial charge in [0.1, 0.15) is 17.8 Å². The zero-order valence-electron chi connectivity index (χ0n) is 13.1. The number of nitro groups is 1. The van der Waals surface area contributed by atoms with Crippen LogP contribution >= 0.6 is 0 Å². The molecule has 0 unspecified atom stereocenters. The van der Waals surface area contributed by atoms with Gasteiger partial charge in [-0.25, -0.2) is 4.98 Å². The summed E-state index contributed by atoms with van der Waals surface area (Å²) in [6.45, 7) is 0. The van der Waals surface area contributed by atoms with E-state index in [-0.39, 0.29) is 17.4 Å². The maximum absolute atomic E-state index is 11.5. The predicted octanol–water partition coefficient (Wildman–Crippen LogP) is 3.32. The first kappa shape index (κ1) is 16.1. The average Bonchev–Trinajstić information content (AvgIpc) is 2.63. The number of ether oxygens (including phenoxy) is 2. The number of nitrogens with zero attached hydrogens (tertiary/aromatic N) is 4. The molecule has 126 valence electrons. The third kappa shape index (κ3) is 3.78. The third-order valence-electron chi connectivity index (χ3n) is 3.17. The molecule has 0 saturated heterocycles. The second-order valence-corrected chi connectivity index (χ2v) is 4.78. The minimum atomic E-state index is -0.600. The van der Waals surface area contributed by atoms with Crippen molar-refractivity contribution in [3.05, 3.63) is 65.2 Å². The van der Waals surface area contributed by atoms with Crippen LogP contribution in [0.15, 0.2) is 55.1 Å². The molecule has 0 bridgehead atoms. The van der Waals surface area contributed by atoms with Crippen LogP contribution in [0, 0.1) is 10.1 Å². The van der Waals surface area contributed by atoms with E-state index in [1.165, 1.54) is 12.5 Å². The molecule has 2 aromatic heterocycles. The van der Waals surface area contributed by atoms with Gasteiger partial charge >= 0.3 is 11.6 Å². The summed E-state index contributed by atoms with van der Waals surface area (Å²) in [5, 5.41) is 14.4. The Morgan fingerprint density at radius 3 is 2.56 bits per heavy atom. The van der Waals surface area contributed by atoms with Crippen molar-refractivity contribution < 1.29 is 14.4 Å². The normalized spacial score (nSPS) is 10.1. The fraction of sp³-hybridized carbons (Fsp3) is 0.0625. The summed E-state index contributed by atoms with van der Waals surface area (Å²) in [5.74, 6) is 0.844. The zero-order chi connectivity index (χ0) is 17.6. The molecular formula is C16H13N5O4. The van der Waals surface area contributed by atoms with Crippen LogP contribution in [0.2, 0.25) is 0 Å². The van der Waals surface area contributed by atoms with Gasteiger partial charge in [0, 0.05) is 11.9 Å². The van der Waals surface area contributed by atoms with Crippen molar-refractivity contribution in [1.82, 2.24) is 15.0 Å². The molecule has 25 heavy (non-hydrogen) atoms. The van der Waals surface area contributed by atoms with Crippen molar-refractivity contribution in [2.45, 2.75) is 0 Å². The summed E-state index contributed by atoms with van der Waals surface area (Å²) >= 11 is 0. The maximum atomic E-state index is 11.5. The van der Waals surface area contributed by atoms with Crippen LogP contribution in [0.25, 0.3) is 0 Å². The summed E-state index contributed by atoms with van der Waals surface area (Å²) < 4.78 is 10.5. The molecule has 2 heterocycles. The number of methoxy groups -OCH3 is 1. The summed E-state index contributed by atoms with van der Waals surface area (Å²) in [7, 11) is 1.56. The highest BCUT2D eigenvalue weighted by Crippen LogP contribution is 2.35. The molecule has 1 N–H and O–H groups in total. The molecule has 3 aromatic rings. The lowest BCUT2D eigenvalue weighted by Crippen LogP contribution is -2.03. The molecule has 0 spiro atoms. The minimum Gasteiger partial charge on any atom is -0.497 e. The lowest BCUT2D eigenvalue weighted by Gasteiger charge is -2.09. The van der Waals surface area contributed by atoms with Crippen LogP contribution in [0.4, 0.5) is 17.2 Å². The van der Waals surface area contributed by atoms with Gasteiger partial charge in [0.15, 0.2) is 0 Å². The Balaban J connectivity index is 1.93. The maximum Gasteiger partial charge on any atom is 0.373 e. The first-order chi connectivity index (χ1) is 12.2. The first-order valence-corrected chi connectivity index (χ1v) is 7.15. The predicted molar refractivity (Wildman–Crippen MR) is 89.3 cm³/mol. The van der Waals surface area contributed by atoms with E-state index in [1.807, 2.05) is 0 Å². The second-order valence-electron chi connectivity index (χ2n) is 4.78. The SMILES string of the molecule is COc1ccc(Nc2ncnc(Oc3cccnc3)c2[N+](=O)[O-])cc1. The van der Waals surface area contributed by atoms with Crippen molar-refractivity contribution in [3.8, 4) is 17.4 Å². The lowest BCUT2D eigenvalue weighted by molar-refractivity contribution is -0.385.